The first-order chi connectivity index (χ1) is 15.6. The summed E-state index contributed by atoms with van der Waals surface area (Å²) in [5.74, 6) is -4.30. The molecule has 34 heavy (non-hydrogen) atoms. The van der Waals surface area contributed by atoms with Gasteiger partial charge in [0, 0.05) is 24.0 Å². The van der Waals surface area contributed by atoms with E-state index < -0.39 is 68.4 Å². The van der Waals surface area contributed by atoms with Crippen molar-refractivity contribution in [2.45, 2.75) is 43.6 Å². The molecule has 3 rings (SSSR count). The average molecular weight is 508 g/mol. The lowest BCUT2D eigenvalue weighted by atomic mass is 9.81. The average Bonchev–Trinajstić information content (AvgIpc) is 3.01. The second kappa shape index (κ2) is 8.65. The number of nitrogens with zero attached hydrogens (tertiary/aromatic N) is 2. The summed E-state index contributed by atoms with van der Waals surface area (Å²) in [6.45, 7) is 2.14. The van der Waals surface area contributed by atoms with Gasteiger partial charge in [0.25, 0.3) is 10.0 Å². The number of anilines is 2. The largest absolute Gasteiger partial charge is 0.491 e. The van der Waals surface area contributed by atoms with E-state index in [4.69, 9.17) is 9.88 Å². The lowest BCUT2D eigenvalue weighted by Crippen LogP contribution is -2.47. The normalized spacial score (nSPS) is 23.1. The molecule has 1 aliphatic rings. The number of nitrogens with one attached hydrogen (secondary N) is 1. The van der Waals surface area contributed by atoms with Crippen molar-refractivity contribution in [3.8, 4) is 5.75 Å². The van der Waals surface area contributed by atoms with E-state index in [-0.39, 0.29) is 11.4 Å². The summed E-state index contributed by atoms with van der Waals surface area (Å²) in [5.41, 5.74) is -2.74. The number of hydrogen-bond acceptors (Lipinski definition) is 6. The number of methoxy groups -OCH3 is 1. The van der Waals surface area contributed by atoms with Crippen molar-refractivity contribution < 1.29 is 39.9 Å². The van der Waals surface area contributed by atoms with Crippen LogP contribution >= 0.6 is 0 Å². The van der Waals surface area contributed by atoms with Gasteiger partial charge >= 0.3 is 6.18 Å². The minimum Gasteiger partial charge on any atom is -0.491 e. The summed E-state index contributed by atoms with van der Waals surface area (Å²) in [6, 6.07) is 1.01. The van der Waals surface area contributed by atoms with Crippen molar-refractivity contribution in [1.82, 2.24) is 4.98 Å². The Morgan fingerprint density at radius 1 is 1.29 bits per heavy atom. The van der Waals surface area contributed by atoms with Crippen LogP contribution in [0.25, 0.3) is 0 Å². The minimum absolute atomic E-state index is 0.0884. The number of halogens is 5. The molecule has 14 heteroatoms. The number of ether oxygens (including phenoxy) is 1. The van der Waals surface area contributed by atoms with E-state index >= 15 is 0 Å². The van der Waals surface area contributed by atoms with Gasteiger partial charge < -0.3 is 15.0 Å². The molecule has 3 unspecified atom stereocenters. The van der Waals surface area contributed by atoms with E-state index in [0.717, 1.165) is 43.3 Å². The van der Waals surface area contributed by atoms with Gasteiger partial charge in [-0.15, -0.1) is 0 Å². The fourth-order valence-electron chi connectivity index (χ4n) is 3.98. The number of sulfonamides is 1. The van der Waals surface area contributed by atoms with Crippen LogP contribution in [0.5, 0.6) is 5.75 Å². The topological polar surface area (TPSA) is 115 Å². The predicted octanol–water partition coefficient (Wildman–Crippen LogP) is 3.19. The Morgan fingerprint density at radius 2 is 1.94 bits per heavy atom. The molecule has 2 aromatic rings. The number of rotatable bonds is 5. The molecular weight excluding hydrogens is 487 g/mol. The van der Waals surface area contributed by atoms with Crippen LogP contribution in [-0.4, -0.2) is 44.7 Å². The van der Waals surface area contributed by atoms with Crippen LogP contribution < -0.4 is 20.1 Å². The zero-order chi connectivity index (χ0) is 25.6. The molecule has 0 spiro atoms. The van der Waals surface area contributed by atoms with Gasteiger partial charge in [0.2, 0.25) is 11.7 Å². The van der Waals surface area contributed by atoms with Gasteiger partial charge in [0.15, 0.2) is 16.6 Å². The zero-order valence-corrected chi connectivity index (χ0v) is 19.0. The van der Waals surface area contributed by atoms with E-state index in [1.54, 1.807) is 0 Å². The second-order valence-corrected chi connectivity index (χ2v) is 9.56. The summed E-state index contributed by atoms with van der Waals surface area (Å²) in [6.07, 6.45) is -4.43. The van der Waals surface area contributed by atoms with Crippen molar-refractivity contribution in [2.24, 2.45) is 10.6 Å². The van der Waals surface area contributed by atoms with Gasteiger partial charge in [-0.25, -0.2) is 22.9 Å². The Hall–Kier alpha value is -3.00. The molecule has 1 saturated heterocycles. The first-order valence-electron chi connectivity index (χ1n) is 9.78. The molecule has 0 saturated carbocycles. The molecular formula is C20H21F5N4O4S. The van der Waals surface area contributed by atoms with E-state index in [9.17, 15) is 35.2 Å². The molecule has 186 valence electrons. The molecule has 2 heterocycles. The SMILES string of the molecule is COc1c(N2C(C(=O)Nc3ccnc(S(N)(=O)=O)c3)CC(C)(C(F)(F)F)C2C)ccc(F)c1F. The Balaban J connectivity index is 2.08. The summed E-state index contributed by atoms with van der Waals surface area (Å²) in [7, 11) is -3.19. The molecule has 1 aromatic heterocycles. The number of nitrogens with two attached hydrogens (primary N) is 1. The van der Waals surface area contributed by atoms with Crippen LogP contribution in [0.2, 0.25) is 0 Å². The molecule has 3 N–H and O–H groups in total. The van der Waals surface area contributed by atoms with Crippen molar-refractivity contribution in [3.05, 3.63) is 42.1 Å². The Bertz CT molecular complexity index is 1220. The zero-order valence-electron chi connectivity index (χ0n) is 18.2. The molecule has 0 bridgehead atoms. The molecule has 8 nitrogen and oxygen atoms in total. The van der Waals surface area contributed by atoms with Crippen LogP contribution in [0.15, 0.2) is 35.5 Å². The Labute approximate surface area is 191 Å². The third kappa shape index (κ3) is 4.39. The van der Waals surface area contributed by atoms with E-state index in [0.29, 0.717) is 0 Å². The van der Waals surface area contributed by atoms with Crippen molar-refractivity contribution in [2.75, 3.05) is 17.3 Å². The molecule has 1 aliphatic heterocycles. The van der Waals surface area contributed by atoms with Gasteiger partial charge in [0.05, 0.1) is 18.2 Å². The smallest absolute Gasteiger partial charge is 0.396 e. The number of pyridine rings is 1. The van der Waals surface area contributed by atoms with Crippen LogP contribution in [0.1, 0.15) is 20.3 Å². The first kappa shape index (κ1) is 25.6. The third-order valence-corrected chi connectivity index (χ3v) is 6.85. The number of primary sulfonamides is 1. The van der Waals surface area contributed by atoms with Gasteiger partial charge in [-0.1, -0.05) is 0 Å². The van der Waals surface area contributed by atoms with Gasteiger partial charge in [-0.05, 0) is 38.5 Å². The number of amides is 1. The third-order valence-electron chi connectivity index (χ3n) is 6.05. The maximum atomic E-state index is 14.4. The summed E-state index contributed by atoms with van der Waals surface area (Å²) < 4.78 is 98.2. The summed E-state index contributed by atoms with van der Waals surface area (Å²) >= 11 is 0. The number of alkyl halides is 3. The predicted molar refractivity (Wildman–Crippen MR) is 112 cm³/mol. The van der Waals surface area contributed by atoms with Crippen LogP contribution in [0, 0.1) is 17.0 Å². The lowest BCUT2D eigenvalue weighted by Gasteiger charge is -2.36. The molecule has 1 amide bonds. The van der Waals surface area contributed by atoms with Gasteiger partial charge in [-0.3, -0.25) is 4.79 Å². The fourth-order valence-corrected chi connectivity index (χ4v) is 4.48. The second-order valence-electron chi connectivity index (χ2n) is 8.05. The highest BCUT2D eigenvalue weighted by Crippen LogP contribution is 2.54. The Kier molecular flexibility index (Phi) is 6.52. The highest BCUT2D eigenvalue weighted by Gasteiger charge is 2.63. The number of carbonyl (C=O) groups excluding carboxylic acids is 1. The maximum Gasteiger partial charge on any atom is 0.396 e. The lowest BCUT2D eigenvalue weighted by molar-refractivity contribution is -0.218. The summed E-state index contributed by atoms with van der Waals surface area (Å²) in [5, 5.41) is 6.81. The molecule has 1 aromatic carbocycles. The summed E-state index contributed by atoms with van der Waals surface area (Å²) in [4.78, 5) is 17.7. The van der Waals surface area contributed by atoms with Crippen molar-refractivity contribution >= 4 is 27.3 Å². The van der Waals surface area contributed by atoms with Crippen molar-refractivity contribution in [1.29, 1.82) is 0 Å². The molecule has 0 radical (unpaired) electrons. The number of carbonyl (C=O) groups is 1. The quantitative estimate of drug-likeness (QED) is 0.600. The van der Waals surface area contributed by atoms with Crippen LogP contribution in [0.4, 0.5) is 33.3 Å². The standard InChI is InChI=1S/C20H21F5N4O4S/c1-10-19(2,20(23,24)25)9-14(29(10)13-5-4-12(21)16(22)17(13)33-3)18(30)28-11-6-7-27-15(8-11)34(26,31)32/h4-8,10,14H,9H2,1-3H3,(H2,26,31,32)(H,27,28,30). The number of aromatic nitrogens is 1. The highest BCUT2D eigenvalue weighted by atomic mass is 32.2. The number of benzene rings is 1. The molecule has 3 atom stereocenters. The van der Waals surface area contributed by atoms with Gasteiger partial charge in [-0.2, -0.15) is 17.6 Å². The maximum absolute atomic E-state index is 14.4. The monoisotopic (exact) mass is 508 g/mol. The highest BCUT2D eigenvalue weighted by molar-refractivity contribution is 7.89. The fraction of sp³-hybridized carbons (Fsp3) is 0.400. The van der Waals surface area contributed by atoms with Gasteiger partial charge in [0.1, 0.15) is 6.04 Å². The molecule has 1 fully saturated rings. The number of hydrogen-bond donors (Lipinski definition) is 2. The van der Waals surface area contributed by atoms with E-state index in [1.807, 2.05) is 0 Å². The van der Waals surface area contributed by atoms with Crippen molar-refractivity contribution in [3.63, 3.8) is 0 Å². The minimum atomic E-state index is -4.75. The van der Waals surface area contributed by atoms with Crippen LogP contribution in [-0.2, 0) is 14.8 Å². The van der Waals surface area contributed by atoms with E-state index in [1.165, 1.54) is 13.0 Å². The first-order valence-corrected chi connectivity index (χ1v) is 11.3. The molecule has 0 aliphatic carbocycles. The Morgan fingerprint density at radius 3 is 2.50 bits per heavy atom. The van der Waals surface area contributed by atoms with E-state index in [2.05, 4.69) is 10.3 Å². The van der Waals surface area contributed by atoms with Crippen LogP contribution in [0.3, 0.4) is 0 Å².